The number of halogens is 4. The van der Waals surface area contributed by atoms with Crippen molar-refractivity contribution in [2.45, 2.75) is 6.18 Å². The molecule has 7 nitrogen and oxygen atoms in total. The number of rotatable bonds is 3. The molecule has 1 heterocycles. The first-order valence-electron chi connectivity index (χ1n) is 7.12. The molecule has 0 aliphatic carbocycles. The topological polar surface area (TPSA) is 95.6 Å². The van der Waals surface area contributed by atoms with Crippen molar-refractivity contribution in [2.75, 3.05) is 10.6 Å². The minimum absolute atomic E-state index is 0.218. The third kappa shape index (κ3) is 4.17. The highest BCUT2D eigenvalue weighted by Crippen LogP contribution is 2.30. The normalized spacial score (nSPS) is 11.2. The lowest BCUT2D eigenvalue weighted by Gasteiger charge is -2.12. The van der Waals surface area contributed by atoms with E-state index in [2.05, 4.69) is 47.2 Å². The van der Waals surface area contributed by atoms with E-state index in [4.69, 9.17) is 0 Å². The number of nitrogens with zero attached hydrogens (tertiary/aromatic N) is 3. The highest BCUT2D eigenvalue weighted by Gasteiger charge is 2.30. The zero-order valence-corrected chi connectivity index (χ0v) is 14.4. The summed E-state index contributed by atoms with van der Waals surface area (Å²) in [7, 11) is 0. The van der Waals surface area contributed by atoms with E-state index in [-0.39, 0.29) is 5.69 Å². The van der Waals surface area contributed by atoms with E-state index in [0.29, 0.717) is 17.1 Å². The summed E-state index contributed by atoms with van der Waals surface area (Å²) in [4.78, 5) is 12.2. The molecule has 2 aromatic carbocycles. The average molecular weight is 427 g/mol. The standard InChI is InChI=1S/C15H10BrF3N6O/c16-9-3-6-12(11(7-9)13-22-24-25-23-13)21-14(26)20-10-4-1-8(2-5-10)15(17,18)19/h1-7H,(H2,20,21,26)(H,22,23,24,25). The van der Waals surface area contributed by atoms with E-state index in [1.165, 1.54) is 12.1 Å². The Morgan fingerprint density at radius 1 is 1.08 bits per heavy atom. The van der Waals surface area contributed by atoms with Gasteiger partial charge >= 0.3 is 12.2 Å². The van der Waals surface area contributed by atoms with Gasteiger partial charge in [-0.25, -0.2) is 9.89 Å². The van der Waals surface area contributed by atoms with E-state index in [9.17, 15) is 18.0 Å². The van der Waals surface area contributed by atoms with Gasteiger partial charge in [0.05, 0.1) is 11.3 Å². The summed E-state index contributed by atoms with van der Waals surface area (Å²) < 4.78 is 38.4. The smallest absolute Gasteiger partial charge is 0.308 e. The molecule has 0 radical (unpaired) electrons. The van der Waals surface area contributed by atoms with Crippen LogP contribution in [0.25, 0.3) is 11.4 Å². The lowest BCUT2D eigenvalue weighted by Crippen LogP contribution is -2.20. The molecule has 0 aliphatic rings. The second-order valence-electron chi connectivity index (χ2n) is 5.09. The fourth-order valence-corrected chi connectivity index (χ4v) is 2.48. The van der Waals surface area contributed by atoms with Crippen molar-refractivity contribution in [3.8, 4) is 11.4 Å². The maximum absolute atomic E-state index is 12.6. The molecule has 0 saturated carbocycles. The van der Waals surface area contributed by atoms with Crippen LogP contribution in [-0.4, -0.2) is 26.7 Å². The Labute approximate surface area is 153 Å². The quantitative estimate of drug-likeness (QED) is 0.581. The van der Waals surface area contributed by atoms with Crippen LogP contribution in [0.1, 0.15) is 5.56 Å². The first kappa shape index (κ1) is 17.9. The number of urea groups is 1. The largest absolute Gasteiger partial charge is 0.416 e. The van der Waals surface area contributed by atoms with Gasteiger partial charge in [-0.15, -0.1) is 5.10 Å². The van der Waals surface area contributed by atoms with Crippen LogP contribution in [0.5, 0.6) is 0 Å². The van der Waals surface area contributed by atoms with Crippen LogP contribution >= 0.6 is 15.9 Å². The summed E-state index contributed by atoms with van der Waals surface area (Å²) in [6.07, 6.45) is -4.43. The van der Waals surface area contributed by atoms with Crippen molar-refractivity contribution in [1.82, 2.24) is 20.6 Å². The number of alkyl halides is 3. The number of benzene rings is 2. The van der Waals surface area contributed by atoms with Crippen molar-refractivity contribution < 1.29 is 18.0 Å². The summed E-state index contributed by atoms with van der Waals surface area (Å²) >= 11 is 3.32. The highest BCUT2D eigenvalue weighted by atomic mass is 79.9. The lowest BCUT2D eigenvalue weighted by molar-refractivity contribution is -0.137. The Balaban J connectivity index is 1.75. The van der Waals surface area contributed by atoms with Gasteiger partial charge in [0.15, 0.2) is 5.82 Å². The maximum Gasteiger partial charge on any atom is 0.416 e. The molecule has 0 spiro atoms. The molecule has 3 rings (SSSR count). The Morgan fingerprint density at radius 2 is 1.81 bits per heavy atom. The Kier molecular flexibility index (Phi) is 4.89. The van der Waals surface area contributed by atoms with Crippen molar-refractivity contribution in [2.24, 2.45) is 0 Å². The van der Waals surface area contributed by atoms with Crippen LogP contribution in [-0.2, 0) is 6.18 Å². The number of aromatic amines is 1. The second kappa shape index (κ2) is 7.12. The molecule has 0 fully saturated rings. The van der Waals surface area contributed by atoms with Crippen LogP contribution in [0, 0.1) is 0 Å². The van der Waals surface area contributed by atoms with E-state index in [1.54, 1.807) is 18.2 Å². The number of hydrogen-bond donors (Lipinski definition) is 3. The van der Waals surface area contributed by atoms with Crippen molar-refractivity contribution in [3.63, 3.8) is 0 Å². The SMILES string of the molecule is O=C(Nc1ccc(C(F)(F)F)cc1)Nc1ccc(Br)cc1-c1nnn[nH]1. The Morgan fingerprint density at radius 3 is 2.42 bits per heavy atom. The van der Waals surface area contributed by atoms with Crippen molar-refractivity contribution in [1.29, 1.82) is 0 Å². The summed E-state index contributed by atoms with van der Waals surface area (Å²) in [5, 5.41) is 18.4. The Bertz CT molecular complexity index is 912. The summed E-state index contributed by atoms with van der Waals surface area (Å²) in [6.45, 7) is 0. The molecule has 134 valence electrons. The summed E-state index contributed by atoms with van der Waals surface area (Å²) in [5.41, 5.74) is 0.370. The molecule has 2 amide bonds. The third-order valence-corrected chi connectivity index (χ3v) is 3.79. The molecular formula is C15H10BrF3N6O. The summed E-state index contributed by atoms with van der Waals surface area (Å²) in [5.74, 6) is 0.344. The molecule has 0 bridgehead atoms. The van der Waals surface area contributed by atoms with Crippen molar-refractivity contribution >= 4 is 33.3 Å². The third-order valence-electron chi connectivity index (χ3n) is 3.30. The van der Waals surface area contributed by atoms with Gasteiger partial charge in [0.25, 0.3) is 0 Å². The van der Waals surface area contributed by atoms with E-state index >= 15 is 0 Å². The zero-order chi connectivity index (χ0) is 18.7. The number of aromatic nitrogens is 4. The number of tetrazole rings is 1. The first-order chi connectivity index (χ1) is 12.3. The van der Waals surface area contributed by atoms with Crippen molar-refractivity contribution in [3.05, 3.63) is 52.5 Å². The van der Waals surface area contributed by atoms with E-state index < -0.39 is 17.8 Å². The van der Waals surface area contributed by atoms with E-state index in [1.807, 2.05) is 0 Å². The van der Waals surface area contributed by atoms with Gasteiger partial charge in [0.1, 0.15) is 0 Å². The lowest BCUT2D eigenvalue weighted by atomic mass is 10.1. The van der Waals surface area contributed by atoms with Crippen LogP contribution in [0.4, 0.5) is 29.3 Å². The van der Waals surface area contributed by atoms with Gasteiger partial charge in [0, 0.05) is 15.7 Å². The Hall–Kier alpha value is -2.95. The minimum atomic E-state index is -4.43. The molecule has 0 aliphatic heterocycles. The molecule has 0 saturated heterocycles. The molecule has 0 atom stereocenters. The minimum Gasteiger partial charge on any atom is -0.308 e. The second-order valence-corrected chi connectivity index (χ2v) is 6.01. The molecule has 3 aromatic rings. The molecule has 0 unspecified atom stereocenters. The molecule has 1 aromatic heterocycles. The van der Waals surface area contributed by atoms with Crippen LogP contribution in [0.15, 0.2) is 46.9 Å². The molecule has 3 N–H and O–H groups in total. The fraction of sp³-hybridized carbons (Fsp3) is 0.0667. The number of carbonyl (C=O) groups excluding carboxylic acids is 1. The number of amides is 2. The van der Waals surface area contributed by atoms with Crippen LogP contribution in [0.2, 0.25) is 0 Å². The van der Waals surface area contributed by atoms with Gasteiger partial charge in [-0.1, -0.05) is 15.9 Å². The fourth-order valence-electron chi connectivity index (χ4n) is 2.12. The van der Waals surface area contributed by atoms with Crippen LogP contribution in [0.3, 0.4) is 0 Å². The van der Waals surface area contributed by atoms with Gasteiger partial charge in [-0.3, -0.25) is 0 Å². The number of anilines is 2. The first-order valence-corrected chi connectivity index (χ1v) is 7.91. The number of H-pyrrole nitrogens is 1. The monoisotopic (exact) mass is 426 g/mol. The van der Waals surface area contributed by atoms with E-state index in [0.717, 1.165) is 16.6 Å². The van der Waals surface area contributed by atoms with Gasteiger partial charge in [-0.2, -0.15) is 13.2 Å². The average Bonchev–Trinajstić information content (AvgIpc) is 3.10. The number of carbonyl (C=O) groups is 1. The zero-order valence-electron chi connectivity index (χ0n) is 12.8. The molecule has 26 heavy (non-hydrogen) atoms. The predicted molar refractivity (Wildman–Crippen MR) is 91.4 cm³/mol. The van der Waals surface area contributed by atoms with Gasteiger partial charge < -0.3 is 10.6 Å². The maximum atomic E-state index is 12.6. The predicted octanol–water partition coefficient (Wildman–Crippen LogP) is 4.29. The van der Waals surface area contributed by atoms with Crippen LogP contribution < -0.4 is 10.6 Å². The number of nitrogens with one attached hydrogen (secondary N) is 3. The highest BCUT2D eigenvalue weighted by molar-refractivity contribution is 9.10. The molecule has 11 heteroatoms. The number of hydrogen-bond acceptors (Lipinski definition) is 4. The molecular weight excluding hydrogens is 417 g/mol. The van der Waals surface area contributed by atoms with Gasteiger partial charge in [0.2, 0.25) is 0 Å². The summed E-state index contributed by atoms with van der Waals surface area (Å²) in [6, 6.07) is 8.55. The van der Waals surface area contributed by atoms with Gasteiger partial charge in [-0.05, 0) is 52.9 Å².